The molecule has 0 saturated carbocycles. The lowest BCUT2D eigenvalue weighted by Crippen LogP contribution is -2.45. The van der Waals surface area contributed by atoms with E-state index in [1.165, 1.54) is 17.3 Å². The highest BCUT2D eigenvalue weighted by molar-refractivity contribution is 5.98. The zero-order valence-electron chi connectivity index (χ0n) is 10.2. The standard InChI is InChI=1S/C11H14N6O/c1-11(2,12)10(18)16-8-4-3-5-14-9(8)17-7-13-6-15-17/h3-7H,12H2,1-2H3,(H,16,18). The topological polar surface area (TPSA) is 98.7 Å². The zero-order valence-corrected chi connectivity index (χ0v) is 10.2. The molecule has 0 aliphatic rings. The summed E-state index contributed by atoms with van der Waals surface area (Å²) in [5.74, 6) is 0.199. The van der Waals surface area contributed by atoms with Gasteiger partial charge in [0.2, 0.25) is 5.91 Å². The predicted octanol–water partition coefficient (Wildman–Crippen LogP) is 0.338. The van der Waals surface area contributed by atoms with Crippen LogP contribution in [0.25, 0.3) is 5.82 Å². The molecule has 94 valence electrons. The summed E-state index contributed by atoms with van der Waals surface area (Å²) in [4.78, 5) is 19.8. The maximum Gasteiger partial charge on any atom is 0.243 e. The number of rotatable bonds is 3. The van der Waals surface area contributed by atoms with E-state index < -0.39 is 5.54 Å². The first-order chi connectivity index (χ1) is 8.48. The van der Waals surface area contributed by atoms with Gasteiger partial charge in [-0.2, -0.15) is 5.10 Å². The van der Waals surface area contributed by atoms with Crippen LogP contribution in [0.3, 0.4) is 0 Å². The lowest BCUT2D eigenvalue weighted by molar-refractivity contribution is -0.120. The first kappa shape index (κ1) is 12.2. The summed E-state index contributed by atoms with van der Waals surface area (Å²) in [6, 6.07) is 3.45. The first-order valence-corrected chi connectivity index (χ1v) is 5.39. The van der Waals surface area contributed by atoms with Gasteiger partial charge in [0, 0.05) is 6.20 Å². The molecule has 0 aliphatic carbocycles. The average Bonchev–Trinajstić information content (AvgIpc) is 2.82. The highest BCUT2D eigenvalue weighted by Gasteiger charge is 2.23. The summed E-state index contributed by atoms with van der Waals surface area (Å²) in [7, 11) is 0. The SMILES string of the molecule is CC(C)(N)C(=O)Nc1cccnc1-n1cncn1. The molecule has 0 aromatic carbocycles. The van der Waals surface area contributed by atoms with Crippen molar-refractivity contribution in [2.75, 3.05) is 5.32 Å². The molecule has 0 unspecified atom stereocenters. The molecule has 0 aliphatic heterocycles. The van der Waals surface area contributed by atoms with Gasteiger partial charge in [-0.3, -0.25) is 4.79 Å². The molecule has 0 fully saturated rings. The molecule has 0 saturated heterocycles. The fourth-order valence-electron chi connectivity index (χ4n) is 1.28. The molecule has 2 rings (SSSR count). The Morgan fingerprint density at radius 2 is 2.28 bits per heavy atom. The summed E-state index contributed by atoms with van der Waals surface area (Å²) in [6.07, 6.45) is 4.51. The maximum atomic E-state index is 11.8. The van der Waals surface area contributed by atoms with Gasteiger partial charge in [-0.25, -0.2) is 14.6 Å². The van der Waals surface area contributed by atoms with Gasteiger partial charge in [-0.1, -0.05) is 0 Å². The third-order valence-electron chi connectivity index (χ3n) is 2.26. The fourth-order valence-corrected chi connectivity index (χ4v) is 1.28. The van der Waals surface area contributed by atoms with Crippen molar-refractivity contribution in [3.05, 3.63) is 31.0 Å². The number of carbonyl (C=O) groups excluding carboxylic acids is 1. The lowest BCUT2D eigenvalue weighted by atomic mass is 10.1. The van der Waals surface area contributed by atoms with Gasteiger partial charge in [0.25, 0.3) is 0 Å². The zero-order chi connectivity index (χ0) is 13.2. The van der Waals surface area contributed by atoms with Crippen LogP contribution in [0.15, 0.2) is 31.0 Å². The number of nitrogens with two attached hydrogens (primary N) is 1. The third-order valence-corrected chi connectivity index (χ3v) is 2.26. The molecule has 1 amide bonds. The van der Waals surface area contributed by atoms with Crippen molar-refractivity contribution >= 4 is 11.6 Å². The maximum absolute atomic E-state index is 11.8. The van der Waals surface area contributed by atoms with Crippen LogP contribution in [0.5, 0.6) is 0 Å². The van der Waals surface area contributed by atoms with E-state index in [1.54, 1.807) is 32.2 Å². The lowest BCUT2D eigenvalue weighted by Gasteiger charge is -2.18. The predicted molar refractivity (Wildman–Crippen MR) is 66.1 cm³/mol. The quantitative estimate of drug-likeness (QED) is 0.813. The number of amides is 1. The second kappa shape index (κ2) is 4.53. The van der Waals surface area contributed by atoms with E-state index in [0.29, 0.717) is 11.5 Å². The minimum Gasteiger partial charge on any atom is -0.321 e. The molecule has 2 aromatic heterocycles. The Kier molecular flexibility index (Phi) is 3.07. The van der Waals surface area contributed by atoms with Crippen LogP contribution in [0, 0.1) is 0 Å². The van der Waals surface area contributed by atoms with Crippen molar-refractivity contribution in [3.8, 4) is 5.82 Å². The molecule has 7 heteroatoms. The second-order valence-electron chi connectivity index (χ2n) is 4.39. The number of aromatic nitrogens is 4. The monoisotopic (exact) mass is 246 g/mol. The largest absolute Gasteiger partial charge is 0.321 e. The Morgan fingerprint density at radius 1 is 1.50 bits per heavy atom. The fraction of sp³-hybridized carbons (Fsp3) is 0.273. The third kappa shape index (κ3) is 2.51. The molecule has 3 N–H and O–H groups in total. The number of hydrogen-bond acceptors (Lipinski definition) is 5. The van der Waals surface area contributed by atoms with Crippen LogP contribution < -0.4 is 11.1 Å². The second-order valence-corrected chi connectivity index (χ2v) is 4.39. The Morgan fingerprint density at radius 3 is 2.89 bits per heavy atom. The minimum absolute atomic E-state index is 0.295. The van der Waals surface area contributed by atoms with Gasteiger partial charge in [0.1, 0.15) is 12.7 Å². The number of hydrogen-bond donors (Lipinski definition) is 2. The van der Waals surface area contributed by atoms with Crippen molar-refractivity contribution in [1.82, 2.24) is 19.7 Å². The van der Waals surface area contributed by atoms with Crippen molar-refractivity contribution in [2.45, 2.75) is 19.4 Å². The Labute approximate surface area is 104 Å². The van der Waals surface area contributed by atoms with Gasteiger partial charge in [-0.05, 0) is 26.0 Å². The molecular formula is C11H14N6O. The Bertz CT molecular complexity index is 543. The van der Waals surface area contributed by atoms with Crippen molar-refractivity contribution in [1.29, 1.82) is 0 Å². The number of anilines is 1. The molecule has 0 spiro atoms. The van der Waals surface area contributed by atoms with Gasteiger partial charge < -0.3 is 11.1 Å². The smallest absolute Gasteiger partial charge is 0.243 e. The molecule has 7 nitrogen and oxygen atoms in total. The van der Waals surface area contributed by atoms with Crippen LogP contribution >= 0.6 is 0 Å². The van der Waals surface area contributed by atoms with Gasteiger partial charge >= 0.3 is 0 Å². The van der Waals surface area contributed by atoms with Gasteiger partial charge in [0.05, 0.1) is 11.2 Å². The molecule has 18 heavy (non-hydrogen) atoms. The molecule has 2 aromatic rings. The van der Waals surface area contributed by atoms with Gasteiger partial charge in [0.15, 0.2) is 5.82 Å². The van der Waals surface area contributed by atoms with E-state index in [4.69, 9.17) is 5.73 Å². The molecule has 0 bridgehead atoms. The number of nitrogens with zero attached hydrogens (tertiary/aromatic N) is 4. The van der Waals surface area contributed by atoms with Crippen LogP contribution in [0.2, 0.25) is 0 Å². The van der Waals surface area contributed by atoms with Crippen molar-refractivity contribution in [2.24, 2.45) is 5.73 Å². The van der Waals surface area contributed by atoms with Crippen molar-refractivity contribution < 1.29 is 4.79 Å². The van der Waals surface area contributed by atoms with E-state index in [9.17, 15) is 4.79 Å². The van der Waals surface area contributed by atoms with E-state index >= 15 is 0 Å². The number of carbonyl (C=O) groups is 1. The Hall–Kier alpha value is -2.28. The van der Waals surface area contributed by atoms with Crippen molar-refractivity contribution in [3.63, 3.8) is 0 Å². The summed E-state index contributed by atoms with van der Waals surface area (Å²) < 4.78 is 1.47. The molecule has 0 atom stereocenters. The summed E-state index contributed by atoms with van der Waals surface area (Å²) in [5.41, 5.74) is 5.30. The highest BCUT2D eigenvalue weighted by atomic mass is 16.2. The summed E-state index contributed by atoms with van der Waals surface area (Å²) >= 11 is 0. The van der Waals surface area contributed by atoms with E-state index in [1.807, 2.05) is 0 Å². The molecule has 0 radical (unpaired) electrons. The molecular weight excluding hydrogens is 232 g/mol. The van der Waals surface area contributed by atoms with Crippen LogP contribution in [0.1, 0.15) is 13.8 Å². The summed E-state index contributed by atoms with van der Waals surface area (Å²) in [6.45, 7) is 3.27. The number of nitrogens with one attached hydrogen (secondary N) is 1. The highest BCUT2D eigenvalue weighted by Crippen LogP contribution is 2.16. The van der Waals surface area contributed by atoms with E-state index in [-0.39, 0.29) is 5.91 Å². The van der Waals surface area contributed by atoms with Gasteiger partial charge in [-0.15, -0.1) is 0 Å². The Balaban J connectivity index is 2.32. The summed E-state index contributed by atoms with van der Waals surface area (Å²) in [5, 5.41) is 6.70. The van der Waals surface area contributed by atoms with Crippen LogP contribution in [-0.2, 0) is 4.79 Å². The van der Waals surface area contributed by atoms with Crippen LogP contribution in [-0.4, -0.2) is 31.2 Å². The molecule has 2 heterocycles. The van der Waals surface area contributed by atoms with E-state index in [2.05, 4.69) is 20.4 Å². The first-order valence-electron chi connectivity index (χ1n) is 5.39. The van der Waals surface area contributed by atoms with Crippen LogP contribution in [0.4, 0.5) is 5.69 Å². The normalized spacial score (nSPS) is 11.3. The minimum atomic E-state index is -0.963. The number of pyridine rings is 1. The van der Waals surface area contributed by atoms with E-state index in [0.717, 1.165) is 0 Å². The average molecular weight is 246 g/mol.